The maximum atomic E-state index is 12.0. The second-order valence-electron chi connectivity index (χ2n) is 4.79. The van der Waals surface area contributed by atoms with E-state index in [4.69, 9.17) is 10.5 Å². The molecule has 21 heavy (non-hydrogen) atoms. The van der Waals surface area contributed by atoms with Crippen LogP contribution in [0.5, 0.6) is 11.5 Å². The molecule has 2 rings (SSSR count). The van der Waals surface area contributed by atoms with Crippen LogP contribution >= 0.6 is 0 Å². The lowest BCUT2D eigenvalue weighted by Crippen LogP contribution is -2.32. The molecule has 1 unspecified atom stereocenters. The summed E-state index contributed by atoms with van der Waals surface area (Å²) in [7, 11) is 0. The van der Waals surface area contributed by atoms with E-state index in [1.54, 1.807) is 0 Å². The highest BCUT2D eigenvalue weighted by Gasteiger charge is 2.15. The van der Waals surface area contributed by atoms with Gasteiger partial charge in [0.2, 0.25) is 5.91 Å². The van der Waals surface area contributed by atoms with Gasteiger partial charge in [0.15, 0.2) is 0 Å². The fourth-order valence-corrected chi connectivity index (χ4v) is 1.97. The molecular formula is C17H20N2O2. The highest BCUT2D eigenvalue weighted by atomic mass is 16.5. The van der Waals surface area contributed by atoms with Gasteiger partial charge in [0.1, 0.15) is 11.5 Å². The fraction of sp³-hybridized carbons (Fsp3) is 0.235. The number of nitrogens with two attached hydrogens (primary N) is 1. The van der Waals surface area contributed by atoms with Crippen molar-refractivity contribution in [1.29, 1.82) is 0 Å². The molecule has 110 valence electrons. The van der Waals surface area contributed by atoms with E-state index >= 15 is 0 Å². The molecule has 1 atom stereocenters. The van der Waals surface area contributed by atoms with Crippen LogP contribution in [0.25, 0.3) is 0 Å². The van der Waals surface area contributed by atoms with Crippen molar-refractivity contribution >= 4 is 5.91 Å². The van der Waals surface area contributed by atoms with Gasteiger partial charge in [0.25, 0.3) is 0 Å². The van der Waals surface area contributed by atoms with Crippen molar-refractivity contribution in [1.82, 2.24) is 5.32 Å². The molecule has 0 spiro atoms. The summed E-state index contributed by atoms with van der Waals surface area (Å²) in [6.45, 7) is 2.80. The Hall–Kier alpha value is -2.33. The molecule has 3 N–H and O–H groups in total. The molecule has 0 aromatic heterocycles. The lowest BCUT2D eigenvalue weighted by molar-refractivity contribution is -0.122. The van der Waals surface area contributed by atoms with Crippen molar-refractivity contribution in [2.75, 3.05) is 13.1 Å². The molecule has 1 amide bonds. The first-order valence-corrected chi connectivity index (χ1v) is 7.01. The number of ether oxygens (including phenoxy) is 1. The highest BCUT2D eigenvalue weighted by Crippen LogP contribution is 2.25. The Labute approximate surface area is 124 Å². The van der Waals surface area contributed by atoms with E-state index in [1.165, 1.54) is 0 Å². The molecule has 0 radical (unpaired) electrons. The van der Waals surface area contributed by atoms with E-state index in [0.717, 1.165) is 17.1 Å². The van der Waals surface area contributed by atoms with Gasteiger partial charge in [0, 0.05) is 13.1 Å². The molecule has 0 aliphatic carbocycles. The summed E-state index contributed by atoms with van der Waals surface area (Å²) >= 11 is 0. The molecule has 0 aliphatic heterocycles. The number of carbonyl (C=O) groups is 1. The number of nitrogens with one attached hydrogen (secondary N) is 1. The van der Waals surface area contributed by atoms with Crippen LogP contribution in [-0.4, -0.2) is 19.0 Å². The molecule has 2 aromatic rings. The Kier molecular flexibility index (Phi) is 5.35. The van der Waals surface area contributed by atoms with E-state index in [1.807, 2.05) is 61.5 Å². The number of hydrogen-bond acceptors (Lipinski definition) is 3. The van der Waals surface area contributed by atoms with Crippen LogP contribution in [0, 0.1) is 0 Å². The minimum Gasteiger partial charge on any atom is -0.457 e. The average Bonchev–Trinajstić information content (AvgIpc) is 2.53. The maximum Gasteiger partial charge on any atom is 0.227 e. The van der Waals surface area contributed by atoms with Crippen LogP contribution < -0.4 is 15.8 Å². The molecule has 0 bridgehead atoms. The zero-order valence-corrected chi connectivity index (χ0v) is 12.1. The van der Waals surface area contributed by atoms with Crippen molar-refractivity contribution in [2.24, 2.45) is 5.73 Å². The topological polar surface area (TPSA) is 64.4 Å². The predicted octanol–water partition coefficient (Wildman–Crippen LogP) is 2.66. The van der Waals surface area contributed by atoms with Gasteiger partial charge in [-0.1, -0.05) is 30.3 Å². The normalized spacial score (nSPS) is 11.7. The Balaban J connectivity index is 2.08. The third-order valence-electron chi connectivity index (χ3n) is 3.17. The van der Waals surface area contributed by atoms with Crippen LogP contribution in [0.3, 0.4) is 0 Å². The zero-order chi connectivity index (χ0) is 15.1. The number of carbonyl (C=O) groups excluding carboxylic acids is 1. The SMILES string of the molecule is CC(C(=O)NCCN)c1cccc(Oc2ccccc2)c1. The molecule has 0 aliphatic rings. The Morgan fingerprint density at radius 1 is 1.14 bits per heavy atom. The van der Waals surface area contributed by atoms with E-state index in [-0.39, 0.29) is 11.8 Å². The van der Waals surface area contributed by atoms with Crippen LogP contribution in [-0.2, 0) is 4.79 Å². The number of amides is 1. The van der Waals surface area contributed by atoms with E-state index in [9.17, 15) is 4.79 Å². The summed E-state index contributed by atoms with van der Waals surface area (Å²) in [5, 5.41) is 2.79. The smallest absolute Gasteiger partial charge is 0.227 e. The van der Waals surface area contributed by atoms with E-state index < -0.39 is 0 Å². The number of para-hydroxylation sites is 1. The lowest BCUT2D eigenvalue weighted by Gasteiger charge is -2.13. The Bertz CT molecular complexity index is 584. The van der Waals surface area contributed by atoms with Gasteiger partial charge in [-0.25, -0.2) is 0 Å². The second-order valence-corrected chi connectivity index (χ2v) is 4.79. The van der Waals surface area contributed by atoms with Crippen LogP contribution in [0.4, 0.5) is 0 Å². The Morgan fingerprint density at radius 3 is 2.57 bits per heavy atom. The first kappa shape index (κ1) is 15.1. The largest absolute Gasteiger partial charge is 0.457 e. The monoisotopic (exact) mass is 284 g/mol. The Morgan fingerprint density at radius 2 is 1.86 bits per heavy atom. The fourth-order valence-electron chi connectivity index (χ4n) is 1.97. The first-order valence-electron chi connectivity index (χ1n) is 7.01. The van der Waals surface area contributed by atoms with Gasteiger partial charge in [-0.3, -0.25) is 4.79 Å². The molecule has 4 heteroatoms. The van der Waals surface area contributed by atoms with Crippen molar-refractivity contribution in [3.05, 3.63) is 60.2 Å². The van der Waals surface area contributed by atoms with Gasteiger partial charge < -0.3 is 15.8 Å². The molecule has 0 saturated carbocycles. The van der Waals surface area contributed by atoms with Crippen molar-refractivity contribution in [3.63, 3.8) is 0 Å². The van der Waals surface area contributed by atoms with Crippen molar-refractivity contribution in [2.45, 2.75) is 12.8 Å². The summed E-state index contributed by atoms with van der Waals surface area (Å²) in [6, 6.07) is 17.1. The molecule has 0 heterocycles. The molecule has 0 saturated heterocycles. The van der Waals surface area contributed by atoms with Crippen LogP contribution in [0.2, 0.25) is 0 Å². The third kappa shape index (κ3) is 4.33. The number of benzene rings is 2. The molecule has 4 nitrogen and oxygen atoms in total. The van der Waals surface area contributed by atoms with Crippen molar-refractivity contribution < 1.29 is 9.53 Å². The van der Waals surface area contributed by atoms with Gasteiger partial charge in [0.05, 0.1) is 5.92 Å². The summed E-state index contributed by atoms with van der Waals surface area (Å²) in [5.74, 6) is 1.22. The first-order chi connectivity index (χ1) is 10.2. The summed E-state index contributed by atoms with van der Waals surface area (Å²) in [6.07, 6.45) is 0. The van der Waals surface area contributed by atoms with E-state index in [0.29, 0.717) is 13.1 Å². The second kappa shape index (κ2) is 7.45. The maximum absolute atomic E-state index is 12.0. The summed E-state index contributed by atoms with van der Waals surface area (Å²) < 4.78 is 5.78. The molecule has 0 fully saturated rings. The highest BCUT2D eigenvalue weighted by molar-refractivity contribution is 5.83. The van der Waals surface area contributed by atoms with Crippen molar-refractivity contribution in [3.8, 4) is 11.5 Å². The minimum atomic E-state index is -0.240. The summed E-state index contributed by atoms with van der Waals surface area (Å²) in [4.78, 5) is 12.0. The standard InChI is InChI=1S/C17H20N2O2/c1-13(17(20)19-11-10-18)14-6-5-9-16(12-14)21-15-7-3-2-4-8-15/h2-9,12-13H,10-11,18H2,1H3,(H,19,20). The average molecular weight is 284 g/mol. The molecular weight excluding hydrogens is 264 g/mol. The van der Waals surface area contributed by atoms with Gasteiger partial charge in [-0.15, -0.1) is 0 Å². The lowest BCUT2D eigenvalue weighted by atomic mass is 10.00. The quantitative estimate of drug-likeness (QED) is 0.857. The number of rotatable bonds is 6. The van der Waals surface area contributed by atoms with Crippen LogP contribution in [0.15, 0.2) is 54.6 Å². The zero-order valence-electron chi connectivity index (χ0n) is 12.1. The number of hydrogen-bond donors (Lipinski definition) is 2. The van der Waals surface area contributed by atoms with Gasteiger partial charge >= 0.3 is 0 Å². The summed E-state index contributed by atoms with van der Waals surface area (Å²) in [5.41, 5.74) is 6.31. The van der Waals surface area contributed by atoms with Crippen LogP contribution in [0.1, 0.15) is 18.4 Å². The third-order valence-corrected chi connectivity index (χ3v) is 3.17. The molecule has 2 aromatic carbocycles. The van der Waals surface area contributed by atoms with Gasteiger partial charge in [-0.2, -0.15) is 0 Å². The van der Waals surface area contributed by atoms with E-state index in [2.05, 4.69) is 5.32 Å². The van der Waals surface area contributed by atoms with Gasteiger partial charge in [-0.05, 0) is 36.8 Å². The minimum absolute atomic E-state index is 0.0303. The predicted molar refractivity (Wildman–Crippen MR) is 83.4 cm³/mol.